The maximum atomic E-state index is 13.5. The molecular formula is C29H31F2NO4. The van der Waals surface area contributed by atoms with E-state index in [0.29, 0.717) is 30.7 Å². The van der Waals surface area contributed by atoms with Gasteiger partial charge in [0.25, 0.3) is 0 Å². The molecule has 0 fully saturated rings. The van der Waals surface area contributed by atoms with Crippen molar-refractivity contribution in [2.24, 2.45) is 0 Å². The average molecular weight is 496 g/mol. The number of halogens is 2. The van der Waals surface area contributed by atoms with E-state index in [1.165, 1.54) is 30.3 Å². The van der Waals surface area contributed by atoms with Crippen LogP contribution >= 0.6 is 0 Å². The van der Waals surface area contributed by atoms with E-state index in [2.05, 4.69) is 0 Å². The van der Waals surface area contributed by atoms with E-state index in [-0.39, 0.29) is 31.1 Å². The first-order valence-corrected chi connectivity index (χ1v) is 12.1. The first kappa shape index (κ1) is 25.8. The largest absolute Gasteiger partial charge is 0.508 e. The fourth-order valence-corrected chi connectivity index (χ4v) is 4.47. The van der Waals surface area contributed by atoms with Crippen LogP contribution in [0.15, 0.2) is 78.9 Å². The summed E-state index contributed by atoms with van der Waals surface area (Å²) >= 11 is 0. The number of phenols is 1. The van der Waals surface area contributed by atoms with Crippen LogP contribution in [0.1, 0.15) is 23.1 Å². The maximum absolute atomic E-state index is 13.5. The minimum Gasteiger partial charge on any atom is -0.508 e. The summed E-state index contributed by atoms with van der Waals surface area (Å²) in [5.74, 6) is -0.150. The Morgan fingerprint density at radius 3 is 2.53 bits per heavy atom. The molecule has 5 nitrogen and oxygen atoms in total. The Kier molecular flexibility index (Phi) is 8.70. The summed E-state index contributed by atoms with van der Waals surface area (Å²) in [5, 5.41) is 31.5. The molecule has 0 aromatic heterocycles. The Balaban J connectivity index is 1.39. The molecule has 3 atom stereocenters. The molecule has 1 heterocycles. The van der Waals surface area contributed by atoms with Crippen LogP contribution in [0.2, 0.25) is 0 Å². The smallest absolute Gasteiger partial charge is 0.126 e. The summed E-state index contributed by atoms with van der Waals surface area (Å²) < 4.78 is 32.9. The standard InChI is InChI=1S/C29H31F2NO4/c30-23-10-12-26(34)21(15-23)7-4-8-25(33)18-32(17-20-5-2-1-3-6-20)19-27(35)29-13-9-22-16-24(31)11-14-28(22)36-29/h1-6,8,10-12,14-16,25,27,29,33-35H,7,9,13,17-19H2/b8-4+/t25-,27+,29-/m0/s1. The van der Waals surface area contributed by atoms with Gasteiger partial charge >= 0.3 is 0 Å². The number of aromatic hydroxyl groups is 1. The van der Waals surface area contributed by atoms with Crippen molar-refractivity contribution in [1.29, 1.82) is 0 Å². The number of benzene rings is 3. The van der Waals surface area contributed by atoms with Gasteiger partial charge in [-0.05, 0) is 66.8 Å². The second kappa shape index (κ2) is 12.1. The number of aliphatic hydroxyl groups excluding tert-OH is 2. The van der Waals surface area contributed by atoms with Gasteiger partial charge in [0.15, 0.2) is 0 Å². The summed E-state index contributed by atoms with van der Waals surface area (Å²) in [6.45, 7) is 1.04. The zero-order valence-corrected chi connectivity index (χ0v) is 19.9. The van der Waals surface area contributed by atoms with Gasteiger partial charge in [-0.2, -0.15) is 0 Å². The number of hydrogen-bond donors (Lipinski definition) is 3. The molecule has 0 spiro atoms. The predicted molar refractivity (Wildman–Crippen MR) is 134 cm³/mol. The minimum atomic E-state index is -0.840. The van der Waals surface area contributed by atoms with Crippen LogP contribution in [0.25, 0.3) is 0 Å². The van der Waals surface area contributed by atoms with E-state index >= 15 is 0 Å². The molecule has 36 heavy (non-hydrogen) atoms. The summed E-state index contributed by atoms with van der Waals surface area (Å²) in [6.07, 6.45) is 2.66. The molecule has 7 heteroatoms. The molecule has 3 N–H and O–H groups in total. The van der Waals surface area contributed by atoms with Crippen molar-refractivity contribution in [2.75, 3.05) is 13.1 Å². The Labute approximate surface area is 209 Å². The number of fused-ring (bicyclic) bond motifs is 1. The highest BCUT2D eigenvalue weighted by Gasteiger charge is 2.28. The summed E-state index contributed by atoms with van der Waals surface area (Å²) in [6, 6.07) is 17.9. The zero-order chi connectivity index (χ0) is 25.5. The Morgan fingerprint density at radius 1 is 0.972 bits per heavy atom. The highest BCUT2D eigenvalue weighted by atomic mass is 19.1. The van der Waals surface area contributed by atoms with E-state index in [1.54, 1.807) is 18.2 Å². The molecular weight excluding hydrogens is 464 g/mol. The van der Waals surface area contributed by atoms with Crippen molar-refractivity contribution in [2.45, 2.75) is 44.1 Å². The number of aliphatic hydroxyl groups is 2. The quantitative estimate of drug-likeness (QED) is 0.364. The number of ether oxygens (including phenoxy) is 1. The van der Waals surface area contributed by atoms with Crippen molar-refractivity contribution in [3.8, 4) is 11.5 Å². The monoisotopic (exact) mass is 495 g/mol. The van der Waals surface area contributed by atoms with Gasteiger partial charge in [-0.25, -0.2) is 8.78 Å². The van der Waals surface area contributed by atoms with Crippen LogP contribution in [-0.2, 0) is 19.4 Å². The van der Waals surface area contributed by atoms with Gasteiger partial charge in [-0.3, -0.25) is 4.90 Å². The van der Waals surface area contributed by atoms with Crippen molar-refractivity contribution >= 4 is 0 Å². The molecule has 0 radical (unpaired) electrons. The number of nitrogens with zero attached hydrogens (tertiary/aromatic N) is 1. The van der Waals surface area contributed by atoms with Crippen LogP contribution in [0.5, 0.6) is 11.5 Å². The van der Waals surface area contributed by atoms with E-state index in [1.807, 2.05) is 35.2 Å². The fourth-order valence-electron chi connectivity index (χ4n) is 4.47. The second-order valence-electron chi connectivity index (χ2n) is 9.17. The van der Waals surface area contributed by atoms with Gasteiger partial charge in [0.1, 0.15) is 35.3 Å². The third-order valence-corrected chi connectivity index (χ3v) is 6.31. The lowest BCUT2D eigenvalue weighted by Crippen LogP contribution is -2.45. The molecule has 0 unspecified atom stereocenters. The Bertz CT molecular complexity index is 1170. The third-order valence-electron chi connectivity index (χ3n) is 6.31. The number of phenolic OH excluding ortho intramolecular Hbond substituents is 1. The van der Waals surface area contributed by atoms with E-state index in [0.717, 1.165) is 11.1 Å². The molecule has 1 aliphatic rings. The summed E-state index contributed by atoms with van der Waals surface area (Å²) in [5.41, 5.74) is 2.27. The Morgan fingerprint density at radius 2 is 1.72 bits per heavy atom. The second-order valence-corrected chi connectivity index (χ2v) is 9.17. The molecule has 0 aliphatic carbocycles. The predicted octanol–water partition coefficient (Wildman–Crippen LogP) is 4.39. The van der Waals surface area contributed by atoms with Crippen molar-refractivity contribution < 1.29 is 28.8 Å². The summed E-state index contributed by atoms with van der Waals surface area (Å²) in [4.78, 5) is 1.96. The maximum Gasteiger partial charge on any atom is 0.126 e. The zero-order valence-electron chi connectivity index (χ0n) is 19.9. The van der Waals surface area contributed by atoms with E-state index in [4.69, 9.17) is 4.74 Å². The van der Waals surface area contributed by atoms with Crippen molar-refractivity contribution in [1.82, 2.24) is 4.90 Å². The molecule has 0 saturated heterocycles. The van der Waals surface area contributed by atoms with E-state index < -0.39 is 24.1 Å². The van der Waals surface area contributed by atoms with Crippen LogP contribution in [0.3, 0.4) is 0 Å². The lowest BCUT2D eigenvalue weighted by atomic mass is 9.98. The van der Waals surface area contributed by atoms with Gasteiger partial charge in [0, 0.05) is 25.2 Å². The Hall–Kier alpha value is -3.26. The summed E-state index contributed by atoms with van der Waals surface area (Å²) in [7, 11) is 0. The minimum absolute atomic E-state index is 0.00107. The van der Waals surface area contributed by atoms with Crippen molar-refractivity contribution in [3.63, 3.8) is 0 Å². The van der Waals surface area contributed by atoms with Crippen LogP contribution in [0.4, 0.5) is 8.78 Å². The number of rotatable bonds is 10. The number of allylic oxidation sites excluding steroid dienone is 1. The third kappa shape index (κ3) is 7.13. The van der Waals surface area contributed by atoms with Gasteiger partial charge in [0.2, 0.25) is 0 Å². The SMILES string of the molecule is Oc1ccc(F)cc1C/C=C/[C@H](O)CN(Cc1ccccc1)C[C@@H](O)[C@@H]1CCc2cc(F)ccc2O1. The van der Waals surface area contributed by atoms with Crippen LogP contribution in [-0.4, -0.2) is 51.6 Å². The van der Waals surface area contributed by atoms with Crippen molar-refractivity contribution in [3.05, 3.63) is 107 Å². The number of hydrogen-bond acceptors (Lipinski definition) is 5. The van der Waals surface area contributed by atoms with Gasteiger partial charge < -0.3 is 20.1 Å². The average Bonchev–Trinajstić information content (AvgIpc) is 2.86. The molecule has 0 bridgehead atoms. The molecule has 3 aromatic carbocycles. The lowest BCUT2D eigenvalue weighted by molar-refractivity contribution is -0.00545. The van der Waals surface area contributed by atoms with Crippen LogP contribution < -0.4 is 4.74 Å². The van der Waals surface area contributed by atoms with Crippen LogP contribution in [0, 0.1) is 11.6 Å². The molecule has 190 valence electrons. The van der Waals surface area contributed by atoms with Gasteiger partial charge in [-0.15, -0.1) is 0 Å². The lowest BCUT2D eigenvalue weighted by Gasteiger charge is -2.33. The van der Waals surface area contributed by atoms with Gasteiger partial charge in [0.05, 0.1) is 6.10 Å². The molecule has 3 aromatic rings. The number of aryl methyl sites for hydroxylation is 1. The molecule has 0 saturated carbocycles. The topological polar surface area (TPSA) is 73.2 Å². The highest BCUT2D eigenvalue weighted by molar-refractivity contribution is 5.36. The van der Waals surface area contributed by atoms with E-state index in [9.17, 15) is 24.1 Å². The first-order valence-electron chi connectivity index (χ1n) is 12.1. The molecule has 0 amide bonds. The normalized spacial score (nSPS) is 17.1. The molecule has 4 rings (SSSR count). The fraction of sp³-hybridized carbons (Fsp3) is 0.310. The molecule has 1 aliphatic heterocycles. The highest BCUT2D eigenvalue weighted by Crippen LogP contribution is 2.29. The first-order chi connectivity index (χ1) is 17.4. The van der Waals surface area contributed by atoms with Gasteiger partial charge in [-0.1, -0.05) is 42.5 Å².